The standard InChI is InChI=1S/C7H5F2NO3S/c8-7(9)13-5-3-1-2-4-6(5)14(10,11)12/h1-4,7H. The number of para-hydroxylation sites is 1. The zero-order valence-corrected chi connectivity index (χ0v) is 7.54. The Hall–Kier alpha value is -1.21. The second-order valence-corrected chi connectivity index (χ2v) is 3.69. The second kappa shape index (κ2) is 3.89. The summed E-state index contributed by atoms with van der Waals surface area (Å²) in [5.74, 6) is -0.579. The molecular formula is C7H5F2NO3S. The van der Waals surface area contributed by atoms with Gasteiger partial charge in [0.1, 0.15) is 10.6 Å². The number of alkyl halides is 2. The molecule has 0 N–H and O–H groups in total. The largest absolute Gasteiger partial charge is 0.433 e. The Labute approximate surface area is 79.3 Å². The van der Waals surface area contributed by atoms with Crippen LogP contribution in [0.2, 0.25) is 0 Å². The van der Waals surface area contributed by atoms with Crippen LogP contribution in [-0.4, -0.2) is 15.0 Å². The molecule has 2 radical (unpaired) electrons. The monoisotopic (exact) mass is 221 g/mol. The minimum absolute atomic E-state index is 0.579. The first-order valence-corrected chi connectivity index (χ1v) is 4.86. The number of sulfonamides is 1. The van der Waals surface area contributed by atoms with Crippen molar-refractivity contribution in [2.24, 2.45) is 0 Å². The van der Waals surface area contributed by atoms with Gasteiger partial charge in [-0.1, -0.05) is 12.1 Å². The predicted octanol–water partition coefficient (Wildman–Crippen LogP) is 1.05. The quantitative estimate of drug-likeness (QED) is 0.766. The van der Waals surface area contributed by atoms with E-state index in [4.69, 9.17) is 5.14 Å². The fourth-order valence-electron chi connectivity index (χ4n) is 0.857. The van der Waals surface area contributed by atoms with Crippen molar-refractivity contribution in [3.63, 3.8) is 0 Å². The van der Waals surface area contributed by atoms with Crippen molar-refractivity contribution in [3.8, 4) is 5.75 Å². The van der Waals surface area contributed by atoms with E-state index in [0.717, 1.165) is 12.1 Å². The first kappa shape index (κ1) is 10.9. The summed E-state index contributed by atoms with van der Waals surface area (Å²) in [6.45, 7) is -3.14. The molecule has 0 saturated carbocycles. The molecule has 0 bridgehead atoms. The number of nitrogens with zero attached hydrogens (tertiary/aromatic N) is 1. The molecule has 14 heavy (non-hydrogen) atoms. The lowest BCUT2D eigenvalue weighted by atomic mass is 10.3. The lowest BCUT2D eigenvalue weighted by molar-refractivity contribution is -0.0517. The molecule has 76 valence electrons. The number of halogens is 2. The van der Waals surface area contributed by atoms with E-state index >= 15 is 0 Å². The highest BCUT2D eigenvalue weighted by Crippen LogP contribution is 2.23. The molecule has 0 atom stereocenters. The van der Waals surface area contributed by atoms with E-state index in [9.17, 15) is 17.2 Å². The molecule has 1 aromatic rings. The van der Waals surface area contributed by atoms with Gasteiger partial charge in [0.25, 0.3) is 10.0 Å². The van der Waals surface area contributed by atoms with E-state index in [0.29, 0.717) is 0 Å². The van der Waals surface area contributed by atoms with Gasteiger partial charge in [-0.05, 0) is 12.1 Å². The highest BCUT2D eigenvalue weighted by molar-refractivity contribution is 7.89. The maximum Gasteiger partial charge on any atom is 0.387 e. The normalized spacial score (nSPS) is 11.7. The lowest BCUT2D eigenvalue weighted by Crippen LogP contribution is -2.08. The van der Waals surface area contributed by atoms with Crippen molar-refractivity contribution in [2.45, 2.75) is 11.5 Å². The minimum atomic E-state index is -4.54. The van der Waals surface area contributed by atoms with Gasteiger partial charge in [0.2, 0.25) is 0 Å². The fraction of sp³-hybridized carbons (Fsp3) is 0.143. The molecule has 0 aliphatic heterocycles. The van der Waals surface area contributed by atoms with Gasteiger partial charge >= 0.3 is 6.61 Å². The van der Waals surface area contributed by atoms with Crippen molar-refractivity contribution >= 4 is 10.0 Å². The fourth-order valence-corrected chi connectivity index (χ4v) is 1.48. The topological polar surface area (TPSA) is 65.7 Å². The van der Waals surface area contributed by atoms with Crippen molar-refractivity contribution in [2.75, 3.05) is 0 Å². The zero-order valence-electron chi connectivity index (χ0n) is 6.72. The molecule has 1 aromatic carbocycles. The maximum absolute atomic E-state index is 11.8. The first-order chi connectivity index (χ1) is 6.41. The number of hydrogen-bond acceptors (Lipinski definition) is 3. The summed E-state index contributed by atoms with van der Waals surface area (Å²) in [6, 6.07) is 4.58. The molecule has 0 saturated heterocycles. The van der Waals surface area contributed by atoms with Crippen LogP contribution >= 0.6 is 0 Å². The summed E-state index contributed by atoms with van der Waals surface area (Å²) >= 11 is 0. The Kier molecular flexibility index (Phi) is 3.02. The van der Waals surface area contributed by atoms with Gasteiger partial charge in [-0.15, -0.1) is 0 Å². The molecule has 0 fully saturated rings. The highest BCUT2D eigenvalue weighted by Gasteiger charge is 2.18. The van der Waals surface area contributed by atoms with Crippen molar-refractivity contribution in [1.29, 1.82) is 0 Å². The molecule has 0 aliphatic rings. The van der Waals surface area contributed by atoms with Crippen LogP contribution in [-0.2, 0) is 10.0 Å². The first-order valence-electron chi connectivity index (χ1n) is 3.42. The Bertz CT molecular complexity index is 419. The van der Waals surface area contributed by atoms with Crippen LogP contribution in [0.1, 0.15) is 0 Å². The molecular weight excluding hydrogens is 216 g/mol. The molecule has 0 unspecified atom stereocenters. The van der Waals surface area contributed by atoms with E-state index in [1.54, 1.807) is 0 Å². The number of benzene rings is 1. The predicted molar refractivity (Wildman–Crippen MR) is 42.4 cm³/mol. The molecule has 4 nitrogen and oxygen atoms in total. The molecule has 0 spiro atoms. The highest BCUT2D eigenvalue weighted by atomic mass is 32.2. The zero-order chi connectivity index (χ0) is 10.8. The van der Waals surface area contributed by atoms with Crippen molar-refractivity contribution in [1.82, 2.24) is 5.14 Å². The van der Waals surface area contributed by atoms with E-state index in [-0.39, 0.29) is 0 Å². The van der Waals surface area contributed by atoms with Crippen LogP contribution < -0.4 is 9.88 Å². The Morgan fingerprint density at radius 1 is 1.29 bits per heavy atom. The van der Waals surface area contributed by atoms with Gasteiger partial charge in [0.05, 0.1) is 0 Å². The number of rotatable bonds is 3. The summed E-state index contributed by atoms with van der Waals surface area (Å²) in [4.78, 5) is -0.680. The summed E-state index contributed by atoms with van der Waals surface area (Å²) in [7, 11) is -4.54. The van der Waals surface area contributed by atoms with Crippen LogP contribution in [0.3, 0.4) is 0 Å². The van der Waals surface area contributed by atoms with Crippen LogP contribution in [0.4, 0.5) is 8.78 Å². The van der Waals surface area contributed by atoms with Crippen molar-refractivity contribution in [3.05, 3.63) is 24.3 Å². The van der Waals surface area contributed by atoms with Gasteiger partial charge in [-0.3, -0.25) is 0 Å². The molecule has 1 rings (SSSR count). The van der Waals surface area contributed by atoms with Crippen molar-refractivity contribution < 1.29 is 21.9 Å². The third-order valence-corrected chi connectivity index (χ3v) is 2.24. The number of hydrogen-bond donors (Lipinski definition) is 0. The van der Waals surface area contributed by atoms with E-state index in [1.165, 1.54) is 12.1 Å². The van der Waals surface area contributed by atoms with E-state index in [2.05, 4.69) is 4.74 Å². The van der Waals surface area contributed by atoms with Gasteiger partial charge < -0.3 is 4.74 Å². The second-order valence-electron chi connectivity index (χ2n) is 2.30. The molecule has 0 amide bonds. The molecule has 7 heteroatoms. The van der Waals surface area contributed by atoms with Crippen LogP contribution in [0.5, 0.6) is 5.75 Å². The molecule has 0 heterocycles. The van der Waals surface area contributed by atoms with Crippen LogP contribution in [0, 0.1) is 0 Å². The smallest absolute Gasteiger partial charge is 0.387 e. The third kappa shape index (κ3) is 2.64. The molecule has 0 aliphatic carbocycles. The Morgan fingerprint density at radius 3 is 2.36 bits per heavy atom. The summed E-state index contributed by atoms with van der Waals surface area (Å²) < 4.78 is 48.8. The third-order valence-electron chi connectivity index (χ3n) is 1.34. The van der Waals surface area contributed by atoms with Crippen LogP contribution in [0.15, 0.2) is 29.2 Å². The van der Waals surface area contributed by atoms with Gasteiger partial charge in [-0.2, -0.15) is 8.78 Å². The van der Waals surface area contributed by atoms with E-state index in [1.807, 2.05) is 0 Å². The number of ether oxygens (including phenoxy) is 1. The van der Waals surface area contributed by atoms with Gasteiger partial charge in [0.15, 0.2) is 0 Å². The average Bonchev–Trinajstić information content (AvgIpc) is 2.01. The van der Waals surface area contributed by atoms with E-state index < -0.39 is 27.3 Å². The average molecular weight is 221 g/mol. The minimum Gasteiger partial charge on any atom is -0.433 e. The lowest BCUT2D eigenvalue weighted by Gasteiger charge is -2.06. The molecule has 0 aromatic heterocycles. The SMILES string of the molecule is [N]S(=O)(=O)c1ccccc1OC(F)F. The summed E-state index contributed by atoms with van der Waals surface area (Å²) in [5.41, 5.74) is 0. The summed E-state index contributed by atoms with van der Waals surface area (Å²) in [5, 5.41) is 8.63. The Balaban J connectivity index is 3.17. The van der Waals surface area contributed by atoms with Gasteiger partial charge in [-0.25, -0.2) is 8.42 Å². The maximum atomic E-state index is 11.8. The summed E-state index contributed by atoms with van der Waals surface area (Å²) in [6.07, 6.45) is 0. The van der Waals surface area contributed by atoms with Crippen LogP contribution in [0.25, 0.3) is 0 Å². The Morgan fingerprint density at radius 2 is 1.86 bits per heavy atom. The van der Waals surface area contributed by atoms with Gasteiger partial charge in [0, 0.05) is 5.14 Å².